The average Bonchev–Trinajstić information content (AvgIpc) is 2.78. The zero-order chi connectivity index (χ0) is 23.1. The Hall–Kier alpha value is -3.63. The van der Waals surface area contributed by atoms with Crippen molar-refractivity contribution >= 4 is 33.3 Å². The number of nitriles is 1. The molecule has 0 saturated heterocycles. The number of halogens is 1. The van der Waals surface area contributed by atoms with Crippen molar-refractivity contribution in [2.75, 3.05) is 6.61 Å². The number of non-ortho nitro benzene ring substituents is 1. The van der Waals surface area contributed by atoms with Gasteiger partial charge in [-0.25, -0.2) is 0 Å². The summed E-state index contributed by atoms with van der Waals surface area (Å²) in [7, 11) is 0. The second-order valence-electron chi connectivity index (χ2n) is 7.01. The molecule has 0 heterocycles. The van der Waals surface area contributed by atoms with Gasteiger partial charge in [0.25, 0.3) is 5.69 Å². The first kappa shape index (κ1) is 23.0. The molecular formula is C25H21BrN2O4. The van der Waals surface area contributed by atoms with Gasteiger partial charge in [0.2, 0.25) is 0 Å². The smallest absolute Gasteiger partial charge is 0.270 e. The van der Waals surface area contributed by atoms with E-state index in [2.05, 4.69) is 22.0 Å². The number of allylic oxidation sites excluding steroid dienone is 1. The molecule has 32 heavy (non-hydrogen) atoms. The largest absolute Gasteiger partial charge is 0.490 e. The van der Waals surface area contributed by atoms with Crippen LogP contribution in [0.2, 0.25) is 0 Å². The molecule has 0 amide bonds. The molecule has 3 rings (SSSR count). The van der Waals surface area contributed by atoms with E-state index < -0.39 is 4.92 Å². The zero-order valence-electron chi connectivity index (χ0n) is 17.7. The molecular weight excluding hydrogens is 472 g/mol. The lowest BCUT2D eigenvalue weighted by Gasteiger charge is -2.15. The number of rotatable bonds is 8. The van der Waals surface area contributed by atoms with Gasteiger partial charge < -0.3 is 9.47 Å². The van der Waals surface area contributed by atoms with Crippen LogP contribution in [-0.4, -0.2) is 11.5 Å². The predicted octanol–water partition coefficient (Wildman–Crippen LogP) is 6.71. The number of nitro benzene ring substituents is 1. The van der Waals surface area contributed by atoms with Gasteiger partial charge in [-0.1, -0.05) is 42.0 Å². The van der Waals surface area contributed by atoms with Crippen molar-refractivity contribution in [3.8, 4) is 17.6 Å². The van der Waals surface area contributed by atoms with Crippen LogP contribution in [0, 0.1) is 28.4 Å². The molecule has 3 aromatic rings. The second-order valence-corrected chi connectivity index (χ2v) is 7.87. The van der Waals surface area contributed by atoms with E-state index in [9.17, 15) is 15.4 Å². The van der Waals surface area contributed by atoms with E-state index in [1.807, 2.05) is 44.2 Å². The van der Waals surface area contributed by atoms with E-state index in [4.69, 9.17) is 9.47 Å². The third-order valence-electron chi connectivity index (χ3n) is 4.63. The topological polar surface area (TPSA) is 85.4 Å². The van der Waals surface area contributed by atoms with Crippen LogP contribution in [0.4, 0.5) is 5.69 Å². The van der Waals surface area contributed by atoms with Crippen LogP contribution in [0.1, 0.15) is 29.2 Å². The third-order valence-corrected chi connectivity index (χ3v) is 5.22. The molecule has 0 aliphatic heterocycles. The molecule has 0 fully saturated rings. The first-order valence-electron chi connectivity index (χ1n) is 9.92. The van der Waals surface area contributed by atoms with E-state index in [0.29, 0.717) is 45.9 Å². The summed E-state index contributed by atoms with van der Waals surface area (Å²) in [5, 5.41) is 20.7. The Kier molecular flexibility index (Phi) is 7.63. The highest BCUT2D eigenvalue weighted by Crippen LogP contribution is 2.38. The Labute approximate surface area is 195 Å². The van der Waals surface area contributed by atoms with E-state index in [-0.39, 0.29) is 5.69 Å². The summed E-state index contributed by atoms with van der Waals surface area (Å²) in [6.07, 6.45) is 1.66. The summed E-state index contributed by atoms with van der Waals surface area (Å²) in [4.78, 5) is 10.6. The number of aryl methyl sites for hydroxylation is 1. The van der Waals surface area contributed by atoms with E-state index >= 15 is 0 Å². The molecule has 0 aliphatic carbocycles. The van der Waals surface area contributed by atoms with Gasteiger partial charge in [-0.05, 0) is 64.7 Å². The number of nitro groups is 1. The third kappa shape index (κ3) is 5.74. The molecule has 0 atom stereocenters. The number of ether oxygens (including phenoxy) is 2. The second kappa shape index (κ2) is 10.6. The fourth-order valence-corrected chi connectivity index (χ4v) is 3.62. The van der Waals surface area contributed by atoms with Crippen molar-refractivity contribution in [2.24, 2.45) is 0 Å². The number of nitrogens with zero attached hydrogens (tertiary/aromatic N) is 2. The van der Waals surface area contributed by atoms with Crippen molar-refractivity contribution in [3.63, 3.8) is 0 Å². The van der Waals surface area contributed by atoms with Crippen LogP contribution in [0.5, 0.6) is 11.5 Å². The molecule has 0 bridgehead atoms. The van der Waals surface area contributed by atoms with Crippen molar-refractivity contribution in [1.82, 2.24) is 0 Å². The summed E-state index contributed by atoms with van der Waals surface area (Å²) >= 11 is 3.55. The molecule has 162 valence electrons. The van der Waals surface area contributed by atoms with Crippen LogP contribution in [0.15, 0.2) is 65.1 Å². The van der Waals surface area contributed by atoms with E-state index in [1.54, 1.807) is 24.3 Å². The highest BCUT2D eigenvalue weighted by molar-refractivity contribution is 9.10. The lowest BCUT2D eigenvalue weighted by atomic mass is 10.0. The van der Waals surface area contributed by atoms with Crippen LogP contribution in [0.3, 0.4) is 0 Å². The van der Waals surface area contributed by atoms with Gasteiger partial charge >= 0.3 is 0 Å². The molecule has 0 spiro atoms. The standard InChI is InChI=1S/C25H21BrN2O4/c1-3-31-24-13-19(11-21(15-27)20-5-4-6-22(14-20)28(29)30)12-23(26)25(24)32-16-18-9-7-17(2)8-10-18/h4-14H,3,16H2,1-2H3. The van der Waals surface area contributed by atoms with Gasteiger partial charge in [0.15, 0.2) is 11.5 Å². The quantitative estimate of drug-likeness (QED) is 0.151. The number of benzene rings is 3. The lowest BCUT2D eigenvalue weighted by molar-refractivity contribution is -0.384. The van der Waals surface area contributed by atoms with Gasteiger partial charge in [-0.15, -0.1) is 0 Å². The summed E-state index contributed by atoms with van der Waals surface area (Å²) in [6, 6.07) is 19.8. The fraction of sp³-hybridized carbons (Fsp3) is 0.160. The highest BCUT2D eigenvalue weighted by Gasteiger charge is 2.14. The van der Waals surface area contributed by atoms with Gasteiger partial charge in [0, 0.05) is 12.1 Å². The van der Waals surface area contributed by atoms with Crippen molar-refractivity contribution in [2.45, 2.75) is 20.5 Å². The maximum Gasteiger partial charge on any atom is 0.270 e. The Bertz CT molecular complexity index is 1200. The lowest BCUT2D eigenvalue weighted by Crippen LogP contribution is -2.01. The van der Waals surface area contributed by atoms with Crippen LogP contribution >= 0.6 is 15.9 Å². The molecule has 0 N–H and O–H groups in total. The number of hydrogen-bond acceptors (Lipinski definition) is 5. The van der Waals surface area contributed by atoms with Gasteiger partial charge in [-0.2, -0.15) is 5.26 Å². The first-order valence-corrected chi connectivity index (χ1v) is 10.7. The average molecular weight is 493 g/mol. The summed E-state index contributed by atoms with van der Waals surface area (Å²) < 4.78 is 12.5. The van der Waals surface area contributed by atoms with Gasteiger partial charge in [0.05, 0.1) is 27.6 Å². The molecule has 0 aromatic heterocycles. The molecule has 0 unspecified atom stereocenters. The minimum atomic E-state index is -0.484. The van der Waals surface area contributed by atoms with Crippen molar-refractivity contribution in [3.05, 3.63) is 97.5 Å². The van der Waals surface area contributed by atoms with E-state index in [0.717, 1.165) is 5.56 Å². The Morgan fingerprint density at radius 3 is 2.56 bits per heavy atom. The maximum absolute atomic E-state index is 11.1. The molecule has 6 nitrogen and oxygen atoms in total. The van der Waals surface area contributed by atoms with Gasteiger partial charge in [-0.3, -0.25) is 10.1 Å². The first-order chi connectivity index (χ1) is 15.4. The monoisotopic (exact) mass is 492 g/mol. The minimum Gasteiger partial charge on any atom is -0.490 e. The Balaban J connectivity index is 1.93. The Morgan fingerprint density at radius 2 is 1.91 bits per heavy atom. The highest BCUT2D eigenvalue weighted by atomic mass is 79.9. The van der Waals surface area contributed by atoms with Gasteiger partial charge in [0.1, 0.15) is 6.61 Å². The Morgan fingerprint density at radius 1 is 1.16 bits per heavy atom. The summed E-state index contributed by atoms with van der Waals surface area (Å²) in [5.41, 5.74) is 3.61. The minimum absolute atomic E-state index is 0.0697. The number of hydrogen-bond donors (Lipinski definition) is 0. The maximum atomic E-state index is 11.1. The van der Waals surface area contributed by atoms with Crippen molar-refractivity contribution < 1.29 is 14.4 Å². The SMILES string of the molecule is CCOc1cc(C=C(C#N)c2cccc([N+](=O)[O-])c2)cc(Br)c1OCc1ccc(C)cc1. The molecule has 7 heteroatoms. The molecule has 0 radical (unpaired) electrons. The normalized spacial score (nSPS) is 11.0. The molecule has 0 saturated carbocycles. The van der Waals surface area contributed by atoms with Crippen LogP contribution in [0.25, 0.3) is 11.6 Å². The predicted molar refractivity (Wildman–Crippen MR) is 127 cm³/mol. The van der Waals surface area contributed by atoms with E-state index in [1.165, 1.54) is 17.7 Å². The summed E-state index contributed by atoms with van der Waals surface area (Å²) in [5.74, 6) is 1.11. The molecule has 0 aliphatic rings. The molecule has 3 aromatic carbocycles. The van der Waals surface area contributed by atoms with Crippen LogP contribution in [-0.2, 0) is 6.61 Å². The van der Waals surface area contributed by atoms with Crippen molar-refractivity contribution in [1.29, 1.82) is 5.26 Å². The fourth-order valence-electron chi connectivity index (χ4n) is 3.05. The zero-order valence-corrected chi connectivity index (χ0v) is 19.3. The summed E-state index contributed by atoms with van der Waals surface area (Å²) in [6.45, 7) is 4.73. The van der Waals surface area contributed by atoms with Crippen LogP contribution < -0.4 is 9.47 Å².